The van der Waals surface area contributed by atoms with E-state index in [0.29, 0.717) is 11.1 Å². The molecule has 0 aliphatic heterocycles. The molecule has 0 saturated heterocycles. The number of amides is 1. The van der Waals surface area contributed by atoms with E-state index in [1.54, 1.807) is 0 Å². The van der Waals surface area contributed by atoms with Gasteiger partial charge in [0, 0.05) is 7.05 Å². The zero-order valence-electron chi connectivity index (χ0n) is 15.9. The van der Waals surface area contributed by atoms with Crippen LogP contribution in [0.3, 0.4) is 0 Å². The van der Waals surface area contributed by atoms with Crippen LogP contribution in [0.5, 0.6) is 0 Å². The summed E-state index contributed by atoms with van der Waals surface area (Å²) in [6, 6.07) is 5.07. The molecule has 2 aromatic heterocycles. The number of carbonyl (C=O) groups excluding carboxylic acids is 1. The van der Waals surface area contributed by atoms with E-state index < -0.39 is 37.6 Å². The van der Waals surface area contributed by atoms with Crippen LogP contribution in [0, 0.1) is 0 Å². The Balaban J connectivity index is 1.77. The number of alkyl halides is 3. The number of sulfonamides is 1. The third kappa shape index (κ3) is 5.63. The molecular weight excluding hydrogens is 493 g/mol. The molecule has 0 atom stereocenters. The molecule has 2 heterocycles. The Morgan fingerprint density at radius 3 is 2.50 bits per heavy atom. The van der Waals surface area contributed by atoms with Crippen molar-refractivity contribution >= 4 is 45.0 Å². The second-order valence-corrected chi connectivity index (χ2v) is 8.98. The Kier molecular flexibility index (Phi) is 6.85. The summed E-state index contributed by atoms with van der Waals surface area (Å²) in [6.45, 7) is 0. The number of hydrogen-bond acceptors (Lipinski definition) is 8. The highest BCUT2D eigenvalue weighted by Crippen LogP contribution is 2.36. The van der Waals surface area contributed by atoms with E-state index in [1.807, 2.05) is 0 Å². The zero-order chi connectivity index (χ0) is 23.5. The molecule has 0 unspecified atom stereocenters. The van der Waals surface area contributed by atoms with Gasteiger partial charge in [0.1, 0.15) is 11.4 Å². The minimum atomic E-state index is -4.81. The quantitative estimate of drug-likeness (QED) is 0.524. The smallest absolute Gasteiger partial charge is 0.352 e. The van der Waals surface area contributed by atoms with E-state index in [-0.39, 0.29) is 16.7 Å². The van der Waals surface area contributed by atoms with Crippen molar-refractivity contribution in [3.8, 4) is 0 Å². The van der Waals surface area contributed by atoms with Crippen molar-refractivity contribution in [3.63, 3.8) is 0 Å². The van der Waals surface area contributed by atoms with Crippen molar-refractivity contribution in [2.24, 2.45) is 0 Å². The van der Waals surface area contributed by atoms with Crippen LogP contribution in [-0.2, 0) is 16.2 Å². The van der Waals surface area contributed by atoms with E-state index in [0.717, 1.165) is 30.2 Å². The molecule has 32 heavy (non-hydrogen) atoms. The summed E-state index contributed by atoms with van der Waals surface area (Å²) in [6.07, 6.45) is -2.49. The Labute approximate surface area is 188 Å². The molecule has 3 rings (SSSR count). The summed E-state index contributed by atoms with van der Waals surface area (Å²) in [4.78, 5) is 26.6. The first-order chi connectivity index (χ1) is 15.0. The van der Waals surface area contributed by atoms with Crippen LogP contribution in [0.15, 0.2) is 57.9 Å². The molecule has 1 aromatic carbocycles. The van der Waals surface area contributed by atoms with Gasteiger partial charge in [-0.3, -0.25) is 9.52 Å². The normalized spacial score (nSPS) is 11.8. The van der Waals surface area contributed by atoms with Gasteiger partial charge in [0.05, 0.1) is 27.4 Å². The third-order valence-electron chi connectivity index (χ3n) is 3.72. The fourth-order valence-electron chi connectivity index (χ4n) is 2.25. The zero-order valence-corrected chi connectivity index (χ0v) is 18.3. The Bertz CT molecular complexity index is 1260. The fourth-order valence-corrected chi connectivity index (χ4v) is 4.20. The van der Waals surface area contributed by atoms with Crippen molar-refractivity contribution in [1.29, 1.82) is 0 Å². The summed E-state index contributed by atoms with van der Waals surface area (Å²) in [5, 5.41) is 2.31. The monoisotopic (exact) mass is 504 g/mol. The maximum absolute atomic E-state index is 13.0. The molecule has 0 fully saturated rings. The molecule has 15 heteroatoms. The van der Waals surface area contributed by atoms with Gasteiger partial charge in [-0.05, 0) is 42.1 Å². The molecule has 1 amide bonds. The van der Waals surface area contributed by atoms with Crippen LogP contribution in [0.25, 0.3) is 0 Å². The standard InChI is InChI=1S/C17H12ClF3N6O3S2/c1-22-15(28)14-24-8-25-16(26-14)31-13-5-2-9(7-23-13)27-32(29,30)10-3-4-12(18)11(6-10)17(19,20)21/h2-8,27H,1H3,(H,22,28). The lowest BCUT2D eigenvalue weighted by atomic mass is 10.2. The van der Waals surface area contributed by atoms with Crippen molar-refractivity contribution in [2.75, 3.05) is 11.8 Å². The predicted molar refractivity (Wildman–Crippen MR) is 109 cm³/mol. The molecule has 3 aromatic rings. The van der Waals surface area contributed by atoms with Gasteiger partial charge in [-0.1, -0.05) is 11.6 Å². The van der Waals surface area contributed by atoms with Gasteiger partial charge in [-0.15, -0.1) is 0 Å². The summed E-state index contributed by atoms with van der Waals surface area (Å²) in [5.74, 6) is -0.585. The molecule has 0 bridgehead atoms. The molecule has 0 spiro atoms. The average Bonchev–Trinajstić information content (AvgIpc) is 2.74. The summed E-state index contributed by atoms with van der Waals surface area (Å²) < 4.78 is 66.1. The van der Waals surface area contributed by atoms with Crippen LogP contribution >= 0.6 is 23.4 Å². The number of benzene rings is 1. The van der Waals surface area contributed by atoms with Crippen LogP contribution < -0.4 is 10.0 Å². The number of pyridine rings is 1. The van der Waals surface area contributed by atoms with Gasteiger partial charge < -0.3 is 5.32 Å². The fraction of sp³-hybridized carbons (Fsp3) is 0.118. The summed E-state index contributed by atoms with van der Waals surface area (Å²) in [7, 11) is -2.91. The number of rotatable bonds is 6. The first-order valence-corrected chi connectivity index (χ1v) is 11.1. The van der Waals surface area contributed by atoms with Crippen LogP contribution in [0.4, 0.5) is 18.9 Å². The van der Waals surface area contributed by atoms with E-state index in [9.17, 15) is 26.4 Å². The SMILES string of the molecule is CNC(=O)c1ncnc(Sc2ccc(NS(=O)(=O)c3ccc(Cl)c(C(F)(F)F)c3)cn2)n1. The number of halogens is 4. The van der Waals surface area contributed by atoms with E-state index in [2.05, 4.69) is 30.0 Å². The number of anilines is 1. The molecular formula is C17H12ClF3N6O3S2. The number of hydrogen-bond donors (Lipinski definition) is 2. The van der Waals surface area contributed by atoms with Gasteiger partial charge >= 0.3 is 6.18 Å². The largest absolute Gasteiger partial charge is 0.417 e. The van der Waals surface area contributed by atoms with Gasteiger partial charge in [-0.25, -0.2) is 23.4 Å². The molecule has 0 saturated carbocycles. The van der Waals surface area contributed by atoms with E-state index in [4.69, 9.17) is 11.6 Å². The van der Waals surface area contributed by atoms with Gasteiger partial charge in [0.2, 0.25) is 5.82 Å². The number of nitrogens with one attached hydrogen (secondary N) is 2. The number of carbonyl (C=O) groups is 1. The van der Waals surface area contributed by atoms with Crippen molar-refractivity contribution in [2.45, 2.75) is 21.3 Å². The van der Waals surface area contributed by atoms with Crippen LogP contribution in [0.1, 0.15) is 16.2 Å². The van der Waals surface area contributed by atoms with Crippen LogP contribution in [0.2, 0.25) is 5.02 Å². The van der Waals surface area contributed by atoms with E-state index in [1.165, 1.54) is 25.4 Å². The number of nitrogens with zero attached hydrogens (tertiary/aromatic N) is 4. The molecule has 2 N–H and O–H groups in total. The number of aromatic nitrogens is 4. The van der Waals surface area contributed by atoms with Gasteiger partial charge in [0.25, 0.3) is 15.9 Å². The summed E-state index contributed by atoms with van der Waals surface area (Å²) in [5.41, 5.74) is -1.25. The maximum Gasteiger partial charge on any atom is 0.417 e. The lowest BCUT2D eigenvalue weighted by Gasteiger charge is -2.12. The van der Waals surface area contributed by atoms with Crippen molar-refractivity contribution < 1.29 is 26.4 Å². The second kappa shape index (κ2) is 9.26. The third-order valence-corrected chi connectivity index (χ3v) is 6.26. The van der Waals surface area contributed by atoms with Crippen LogP contribution in [-0.4, -0.2) is 41.3 Å². The maximum atomic E-state index is 13.0. The minimum Gasteiger partial charge on any atom is -0.352 e. The van der Waals surface area contributed by atoms with Crippen molar-refractivity contribution in [1.82, 2.24) is 25.3 Å². The first-order valence-electron chi connectivity index (χ1n) is 8.44. The molecule has 0 aliphatic carbocycles. The first kappa shape index (κ1) is 23.7. The highest BCUT2D eigenvalue weighted by atomic mass is 35.5. The van der Waals surface area contributed by atoms with Gasteiger partial charge in [0.15, 0.2) is 5.16 Å². The van der Waals surface area contributed by atoms with E-state index >= 15 is 0 Å². The highest BCUT2D eigenvalue weighted by molar-refractivity contribution is 7.99. The Morgan fingerprint density at radius 1 is 1.12 bits per heavy atom. The molecule has 9 nitrogen and oxygen atoms in total. The highest BCUT2D eigenvalue weighted by Gasteiger charge is 2.34. The lowest BCUT2D eigenvalue weighted by molar-refractivity contribution is -0.137. The van der Waals surface area contributed by atoms with Crippen molar-refractivity contribution in [3.05, 3.63) is 59.3 Å². The Hall–Kier alpha value is -2.97. The molecule has 0 radical (unpaired) electrons. The van der Waals surface area contributed by atoms with Gasteiger partial charge in [-0.2, -0.15) is 18.2 Å². The molecule has 168 valence electrons. The predicted octanol–water partition coefficient (Wildman–Crippen LogP) is 3.25. The Morgan fingerprint density at radius 2 is 1.88 bits per heavy atom. The molecule has 0 aliphatic rings. The lowest BCUT2D eigenvalue weighted by Crippen LogP contribution is -2.21. The minimum absolute atomic E-state index is 0.0135. The summed E-state index contributed by atoms with van der Waals surface area (Å²) >= 11 is 6.52. The topological polar surface area (TPSA) is 127 Å². The average molecular weight is 505 g/mol. The second-order valence-electron chi connectivity index (χ2n) is 5.90.